The second-order valence-corrected chi connectivity index (χ2v) is 5.10. The highest BCUT2D eigenvalue weighted by molar-refractivity contribution is 5.57. The molecule has 0 aromatic carbocycles. The summed E-state index contributed by atoms with van der Waals surface area (Å²) in [6.45, 7) is 4.60. The molecule has 0 radical (unpaired) electrons. The van der Waals surface area contributed by atoms with E-state index in [1.165, 1.54) is 0 Å². The third-order valence-electron chi connectivity index (χ3n) is 3.48. The topological polar surface area (TPSA) is 96.1 Å². The number of aromatic nitrogens is 2. The molecule has 0 aliphatic heterocycles. The van der Waals surface area contributed by atoms with Gasteiger partial charge < -0.3 is 15.8 Å². The normalized spacial score (nSPS) is 16.2. The van der Waals surface area contributed by atoms with E-state index in [-0.39, 0.29) is 6.10 Å². The van der Waals surface area contributed by atoms with Crippen molar-refractivity contribution in [2.24, 2.45) is 5.84 Å². The molecule has 1 saturated carbocycles. The molecule has 1 aliphatic rings. The average molecular weight is 265 g/mol. The smallest absolute Gasteiger partial charge is 0.148 e. The van der Waals surface area contributed by atoms with Gasteiger partial charge in [0, 0.05) is 18.0 Å². The first-order chi connectivity index (χ1) is 9.15. The van der Waals surface area contributed by atoms with E-state index in [9.17, 15) is 5.11 Å². The number of nitrogens with one attached hydrogen (secondary N) is 2. The number of aliphatic hydroxyl groups excluding tert-OH is 1. The lowest BCUT2D eigenvalue weighted by Crippen LogP contribution is -2.17. The number of aliphatic hydroxyl groups is 1. The van der Waals surface area contributed by atoms with Crippen molar-refractivity contribution in [1.82, 2.24) is 9.97 Å². The zero-order chi connectivity index (χ0) is 13.8. The summed E-state index contributed by atoms with van der Waals surface area (Å²) in [5, 5.41) is 12.8. The van der Waals surface area contributed by atoms with E-state index in [4.69, 9.17) is 5.84 Å². The zero-order valence-corrected chi connectivity index (χ0v) is 11.6. The second kappa shape index (κ2) is 6.16. The van der Waals surface area contributed by atoms with E-state index in [0.29, 0.717) is 24.7 Å². The van der Waals surface area contributed by atoms with Gasteiger partial charge in [-0.3, -0.25) is 0 Å². The van der Waals surface area contributed by atoms with Crippen LogP contribution in [0.2, 0.25) is 0 Å². The summed E-state index contributed by atoms with van der Waals surface area (Å²) in [6.07, 6.45) is 3.53. The minimum atomic E-state index is -0.260. The first kappa shape index (κ1) is 14.0. The molecule has 1 fully saturated rings. The van der Waals surface area contributed by atoms with Gasteiger partial charge in [0.1, 0.15) is 17.5 Å². The van der Waals surface area contributed by atoms with Crippen LogP contribution in [0.15, 0.2) is 0 Å². The maximum absolute atomic E-state index is 9.55. The summed E-state index contributed by atoms with van der Waals surface area (Å²) in [4.78, 5) is 9.00. The molecule has 1 heterocycles. The van der Waals surface area contributed by atoms with Gasteiger partial charge in [0.15, 0.2) is 0 Å². The maximum Gasteiger partial charge on any atom is 0.148 e. The standard InChI is InChI=1S/C13H23N5O/c1-3-10(19)6-7-15-11-8(2)12(18-14)17-13(16-11)9-4-5-9/h9-10,19H,3-7,14H2,1-2H3,(H2,15,16,17,18). The number of anilines is 2. The zero-order valence-electron chi connectivity index (χ0n) is 11.6. The molecule has 1 atom stereocenters. The Bertz CT molecular complexity index is 433. The molecule has 1 aliphatic carbocycles. The van der Waals surface area contributed by atoms with Crippen LogP contribution in [0, 0.1) is 6.92 Å². The third kappa shape index (κ3) is 3.54. The second-order valence-electron chi connectivity index (χ2n) is 5.10. The fourth-order valence-corrected chi connectivity index (χ4v) is 1.93. The number of nitrogen functional groups attached to an aromatic ring is 1. The Kier molecular flexibility index (Phi) is 4.55. The van der Waals surface area contributed by atoms with Crippen molar-refractivity contribution in [2.45, 2.75) is 51.6 Å². The number of hydrogen-bond acceptors (Lipinski definition) is 6. The van der Waals surface area contributed by atoms with Gasteiger partial charge in [0.2, 0.25) is 0 Å². The molecule has 5 N–H and O–H groups in total. The number of rotatable bonds is 7. The molecule has 0 amide bonds. The lowest BCUT2D eigenvalue weighted by atomic mass is 10.2. The Morgan fingerprint density at radius 1 is 1.37 bits per heavy atom. The van der Waals surface area contributed by atoms with Gasteiger partial charge in [-0.2, -0.15) is 0 Å². The molecule has 1 aromatic rings. The average Bonchev–Trinajstić information content (AvgIpc) is 3.24. The number of hydrazine groups is 1. The van der Waals surface area contributed by atoms with Crippen LogP contribution in [0.3, 0.4) is 0 Å². The van der Waals surface area contributed by atoms with Crippen molar-refractivity contribution >= 4 is 11.6 Å². The SMILES string of the molecule is CCC(O)CCNc1nc(C2CC2)nc(NN)c1C. The van der Waals surface area contributed by atoms with Crippen molar-refractivity contribution in [1.29, 1.82) is 0 Å². The predicted octanol–water partition coefficient (Wildman–Crippen LogP) is 1.52. The van der Waals surface area contributed by atoms with Crippen molar-refractivity contribution in [3.05, 3.63) is 11.4 Å². The maximum atomic E-state index is 9.55. The number of nitrogens with zero attached hydrogens (tertiary/aromatic N) is 2. The first-order valence-electron chi connectivity index (χ1n) is 6.92. The van der Waals surface area contributed by atoms with E-state index in [0.717, 1.165) is 36.5 Å². The molecule has 19 heavy (non-hydrogen) atoms. The molecule has 2 rings (SSSR count). The van der Waals surface area contributed by atoms with Crippen molar-refractivity contribution in [2.75, 3.05) is 17.3 Å². The molecule has 0 bridgehead atoms. The Morgan fingerprint density at radius 3 is 2.63 bits per heavy atom. The summed E-state index contributed by atoms with van der Waals surface area (Å²) in [5.41, 5.74) is 3.54. The number of nitrogens with two attached hydrogens (primary N) is 1. The third-order valence-corrected chi connectivity index (χ3v) is 3.48. The summed E-state index contributed by atoms with van der Waals surface area (Å²) in [5.74, 6) is 8.33. The Morgan fingerprint density at radius 2 is 2.05 bits per heavy atom. The van der Waals surface area contributed by atoms with Gasteiger partial charge in [-0.15, -0.1) is 0 Å². The predicted molar refractivity (Wildman–Crippen MR) is 76.0 cm³/mol. The van der Waals surface area contributed by atoms with E-state index >= 15 is 0 Å². The van der Waals surface area contributed by atoms with Crippen LogP contribution in [-0.4, -0.2) is 27.7 Å². The van der Waals surface area contributed by atoms with Gasteiger partial charge in [0.25, 0.3) is 0 Å². The first-order valence-corrected chi connectivity index (χ1v) is 6.92. The molecule has 0 spiro atoms. The Hall–Kier alpha value is -1.40. The molecular formula is C13H23N5O. The molecule has 0 saturated heterocycles. The van der Waals surface area contributed by atoms with Crippen molar-refractivity contribution in [3.63, 3.8) is 0 Å². The lowest BCUT2D eigenvalue weighted by Gasteiger charge is -2.14. The summed E-state index contributed by atoms with van der Waals surface area (Å²) >= 11 is 0. The molecule has 1 aromatic heterocycles. The van der Waals surface area contributed by atoms with E-state index in [1.54, 1.807) is 0 Å². The fourth-order valence-electron chi connectivity index (χ4n) is 1.93. The van der Waals surface area contributed by atoms with Crippen LogP contribution in [-0.2, 0) is 0 Å². The van der Waals surface area contributed by atoms with Crippen LogP contribution >= 0.6 is 0 Å². The number of hydrogen-bond donors (Lipinski definition) is 4. The summed E-state index contributed by atoms with van der Waals surface area (Å²) < 4.78 is 0. The van der Waals surface area contributed by atoms with Gasteiger partial charge in [-0.05, 0) is 32.6 Å². The lowest BCUT2D eigenvalue weighted by molar-refractivity contribution is 0.164. The highest BCUT2D eigenvalue weighted by atomic mass is 16.3. The van der Waals surface area contributed by atoms with Gasteiger partial charge in [-0.25, -0.2) is 15.8 Å². The van der Waals surface area contributed by atoms with Crippen LogP contribution in [0.25, 0.3) is 0 Å². The highest BCUT2D eigenvalue weighted by Crippen LogP contribution is 2.39. The van der Waals surface area contributed by atoms with E-state index in [1.807, 2.05) is 13.8 Å². The fraction of sp³-hybridized carbons (Fsp3) is 0.692. The highest BCUT2D eigenvalue weighted by Gasteiger charge is 2.28. The van der Waals surface area contributed by atoms with E-state index in [2.05, 4.69) is 20.7 Å². The van der Waals surface area contributed by atoms with Gasteiger partial charge >= 0.3 is 0 Å². The monoisotopic (exact) mass is 265 g/mol. The Balaban J connectivity index is 2.07. The van der Waals surface area contributed by atoms with Crippen LogP contribution in [0.1, 0.15) is 49.9 Å². The minimum Gasteiger partial charge on any atom is -0.393 e. The molecule has 106 valence electrons. The van der Waals surface area contributed by atoms with Gasteiger partial charge in [-0.1, -0.05) is 6.92 Å². The van der Waals surface area contributed by atoms with Crippen LogP contribution in [0.4, 0.5) is 11.6 Å². The molecule has 6 heteroatoms. The molecular weight excluding hydrogens is 242 g/mol. The molecule has 6 nitrogen and oxygen atoms in total. The molecule has 1 unspecified atom stereocenters. The largest absolute Gasteiger partial charge is 0.393 e. The van der Waals surface area contributed by atoms with Gasteiger partial charge in [0.05, 0.1) is 6.10 Å². The van der Waals surface area contributed by atoms with Crippen molar-refractivity contribution < 1.29 is 5.11 Å². The quantitative estimate of drug-likeness (QED) is 0.441. The van der Waals surface area contributed by atoms with Crippen molar-refractivity contribution in [3.8, 4) is 0 Å². The van der Waals surface area contributed by atoms with Crippen LogP contribution < -0.4 is 16.6 Å². The Labute approximate surface area is 113 Å². The van der Waals surface area contributed by atoms with E-state index < -0.39 is 0 Å². The summed E-state index contributed by atoms with van der Waals surface area (Å²) in [6, 6.07) is 0. The summed E-state index contributed by atoms with van der Waals surface area (Å²) in [7, 11) is 0. The minimum absolute atomic E-state index is 0.260. The van der Waals surface area contributed by atoms with Crippen LogP contribution in [0.5, 0.6) is 0 Å².